The van der Waals surface area contributed by atoms with Gasteiger partial charge in [0.05, 0.1) is 11.1 Å². The van der Waals surface area contributed by atoms with Crippen LogP contribution in [0.15, 0.2) is 66.7 Å². The first-order valence-corrected chi connectivity index (χ1v) is 10.4. The molecule has 9 heteroatoms. The quantitative estimate of drug-likeness (QED) is 0.375. The Morgan fingerprint density at radius 1 is 0.600 bits per heavy atom. The van der Waals surface area contributed by atoms with Crippen molar-refractivity contribution < 1.29 is 39.6 Å². The second-order valence-electron chi connectivity index (χ2n) is 7.58. The van der Waals surface area contributed by atoms with Crippen LogP contribution in [0.2, 0.25) is 0 Å². The van der Waals surface area contributed by atoms with E-state index in [0.29, 0.717) is 27.9 Å². The molecule has 0 saturated heterocycles. The lowest BCUT2D eigenvalue weighted by Gasteiger charge is -2.20. The standard InChI is InChI=1S/C16H14O4.C10H11NO4/c1-9-5-3-7-11(13(9)15(17)18)12-8-4-6-10(2)14(12)16(19)20;12-9(13)6-11(7-10(14)15)8-4-2-1-3-5-8/h3-8H,1-2H3,(H,17,18)(H,19,20);1-5H,6-7H2,(H,12,13)(H,14,15). The van der Waals surface area contributed by atoms with E-state index in [1.807, 2.05) is 0 Å². The second-order valence-corrected chi connectivity index (χ2v) is 7.58. The molecule has 0 fully saturated rings. The van der Waals surface area contributed by atoms with Gasteiger partial charge in [-0.05, 0) is 48.2 Å². The van der Waals surface area contributed by atoms with Crippen LogP contribution in [0.4, 0.5) is 5.69 Å². The summed E-state index contributed by atoms with van der Waals surface area (Å²) in [4.78, 5) is 45.2. The van der Waals surface area contributed by atoms with E-state index in [1.165, 1.54) is 4.90 Å². The smallest absolute Gasteiger partial charge is 0.336 e. The largest absolute Gasteiger partial charge is 0.480 e. The van der Waals surface area contributed by atoms with Crippen molar-refractivity contribution in [2.75, 3.05) is 18.0 Å². The number of anilines is 1. The van der Waals surface area contributed by atoms with Crippen molar-refractivity contribution in [3.63, 3.8) is 0 Å². The van der Waals surface area contributed by atoms with Crippen molar-refractivity contribution in [2.24, 2.45) is 0 Å². The number of carboxylic acids is 4. The summed E-state index contributed by atoms with van der Waals surface area (Å²) in [7, 11) is 0. The zero-order valence-corrected chi connectivity index (χ0v) is 19.1. The molecule has 0 aliphatic carbocycles. The highest BCUT2D eigenvalue weighted by molar-refractivity contribution is 6.03. The summed E-state index contributed by atoms with van der Waals surface area (Å²) in [5, 5.41) is 36.0. The van der Waals surface area contributed by atoms with Crippen molar-refractivity contribution in [3.8, 4) is 11.1 Å². The van der Waals surface area contributed by atoms with Gasteiger partial charge in [0, 0.05) is 5.69 Å². The molecule has 3 rings (SSSR count). The lowest BCUT2D eigenvalue weighted by Crippen LogP contribution is -2.34. The molecule has 0 radical (unpaired) electrons. The molecule has 4 N–H and O–H groups in total. The highest BCUT2D eigenvalue weighted by Gasteiger charge is 2.20. The van der Waals surface area contributed by atoms with Crippen LogP contribution in [0, 0.1) is 13.8 Å². The number of aromatic carboxylic acids is 2. The minimum atomic E-state index is -1.06. The maximum Gasteiger partial charge on any atom is 0.336 e. The minimum Gasteiger partial charge on any atom is -0.480 e. The van der Waals surface area contributed by atoms with Gasteiger partial charge in [0.15, 0.2) is 0 Å². The van der Waals surface area contributed by atoms with Crippen molar-refractivity contribution in [1.29, 1.82) is 0 Å². The van der Waals surface area contributed by atoms with Crippen molar-refractivity contribution in [1.82, 2.24) is 0 Å². The van der Waals surface area contributed by atoms with Crippen LogP contribution in [-0.2, 0) is 9.59 Å². The maximum atomic E-state index is 11.4. The molecule has 0 unspecified atom stereocenters. The molecule has 9 nitrogen and oxygen atoms in total. The Kier molecular flexibility index (Phi) is 9.11. The Labute approximate surface area is 201 Å². The van der Waals surface area contributed by atoms with E-state index in [1.54, 1.807) is 80.6 Å². The summed E-state index contributed by atoms with van der Waals surface area (Å²) in [6, 6.07) is 18.7. The predicted molar refractivity (Wildman–Crippen MR) is 129 cm³/mol. The van der Waals surface area contributed by atoms with E-state index in [4.69, 9.17) is 10.2 Å². The van der Waals surface area contributed by atoms with Crippen LogP contribution in [-0.4, -0.2) is 57.4 Å². The number of carbonyl (C=O) groups is 4. The molecule has 0 heterocycles. The van der Waals surface area contributed by atoms with Crippen LogP contribution >= 0.6 is 0 Å². The number of aryl methyl sites for hydroxylation is 2. The molecule has 3 aromatic rings. The van der Waals surface area contributed by atoms with Gasteiger partial charge >= 0.3 is 23.9 Å². The SMILES string of the molecule is Cc1cccc(-c2cccc(C)c2C(=O)O)c1C(=O)O.O=C(O)CN(CC(=O)O)c1ccccc1. The van der Waals surface area contributed by atoms with E-state index in [-0.39, 0.29) is 24.2 Å². The number of para-hydroxylation sites is 1. The first-order chi connectivity index (χ1) is 16.5. The van der Waals surface area contributed by atoms with Crippen molar-refractivity contribution in [2.45, 2.75) is 13.8 Å². The van der Waals surface area contributed by atoms with E-state index in [9.17, 15) is 29.4 Å². The average molecular weight is 479 g/mol. The number of benzene rings is 3. The molecule has 0 saturated carbocycles. The third-order valence-corrected chi connectivity index (χ3v) is 5.04. The molecule has 0 bridgehead atoms. The van der Waals surface area contributed by atoms with Gasteiger partial charge < -0.3 is 25.3 Å². The first kappa shape index (κ1) is 26.6. The van der Waals surface area contributed by atoms with Crippen LogP contribution in [0.25, 0.3) is 11.1 Å². The Hall–Kier alpha value is -4.66. The van der Waals surface area contributed by atoms with Crippen LogP contribution < -0.4 is 4.90 Å². The van der Waals surface area contributed by atoms with Gasteiger partial charge in [-0.25, -0.2) is 9.59 Å². The summed E-state index contributed by atoms with van der Waals surface area (Å²) >= 11 is 0. The summed E-state index contributed by atoms with van der Waals surface area (Å²) in [6.07, 6.45) is 0. The minimum absolute atomic E-state index is 0.139. The summed E-state index contributed by atoms with van der Waals surface area (Å²) in [5.41, 5.74) is 2.93. The number of aliphatic carboxylic acids is 2. The van der Waals surface area contributed by atoms with E-state index in [2.05, 4.69) is 0 Å². The second kappa shape index (κ2) is 12.0. The topological polar surface area (TPSA) is 152 Å². The Morgan fingerprint density at radius 3 is 1.34 bits per heavy atom. The fraction of sp³-hybridized carbons (Fsp3) is 0.154. The maximum absolute atomic E-state index is 11.4. The molecule has 182 valence electrons. The number of hydrogen-bond donors (Lipinski definition) is 4. The molecule has 0 amide bonds. The highest BCUT2D eigenvalue weighted by atomic mass is 16.4. The molecule has 0 spiro atoms. The van der Waals surface area contributed by atoms with Crippen molar-refractivity contribution in [3.05, 3.63) is 89.0 Å². The van der Waals surface area contributed by atoms with E-state index in [0.717, 1.165) is 0 Å². The number of rotatable bonds is 8. The molecule has 0 aromatic heterocycles. The van der Waals surface area contributed by atoms with Gasteiger partial charge in [0.1, 0.15) is 13.1 Å². The molecule has 35 heavy (non-hydrogen) atoms. The Morgan fingerprint density at radius 2 is 1.00 bits per heavy atom. The monoisotopic (exact) mass is 479 g/mol. The van der Waals surface area contributed by atoms with Gasteiger partial charge in [0.2, 0.25) is 0 Å². The summed E-state index contributed by atoms with van der Waals surface area (Å²) in [5.74, 6) is -4.23. The first-order valence-electron chi connectivity index (χ1n) is 10.4. The van der Waals surface area contributed by atoms with Gasteiger partial charge in [0.25, 0.3) is 0 Å². The van der Waals surface area contributed by atoms with Gasteiger partial charge in [-0.15, -0.1) is 0 Å². The number of carboxylic acid groups (broad SMARTS) is 4. The molecule has 0 atom stereocenters. The van der Waals surface area contributed by atoms with Crippen molar-refractivity contribution >= 4 is 29.6 Å². The highest BCUT2D eigenvalue weighted by Crippen LogP contribution is 2.30. The zero-order valence-electron chi connectivity index (χ0n) is 19.1. The summed E-state index contributed by atoms with van der Waals surface area (Å²) < 4.78 is 0. The Bertz CT molecular complexity index is 1160. The molecule has 0 aliphatic heterocycles. The van der Waals surface area contributed by atoms with E-state index < -0.39 is 23.9 Å². The van der Waals surface area contributed by atoms with Crippen LogP contribution in [0.1, 0.15) is 31.8 Å². The Balaban J connectivity index is 0.000000258. The van der Waals surface area contributed by atoms with Gasteiger partial charge in [-0.2, -0.15) is 0 Å². The average Bonchev–Trinajstić information content (AvgIpc) is 2.78. The molecule has 0 aliphatic rings. The zero-order chi connectivity index (χ0) is 26.1. The van der Waals surface area contributed by atoms with Gasteiger partial charge in [-0.3, -0.25) is 9.59 Å². The lowest BCUT2D eigenvalue weighted by atomic mass is 9.91. The van der Waals surface area contributed by atoms with Gasteiger partial charge in [-0.1, -0.05) is 54.6 Å². The number of hydrogen-bond acceptors (Lipinski definition) is 5. The third-order valence-electron chi connectivity index (χ3n) is 5.04. The summed E-state index contributed by atoms with van der Waals surface area (Å²) in [6.45, 7) is 2.75. The van der Waals surface area contributed by atoms with Crippen LogP contribution in [0.5, 0.6) is 0 Å². The molecular formula is C26H25NO8. The fourth-order valence-electron chi connectivity index (χ4n) is 3.56. The number of nitrogens with zero attached hydrogens (tertiary/aromatic N) is 1. The fourth-order valence-corrected chi connectivity index (χ4v) is 3.56. The predicted octanol–water partition coefficient (Wildman–Crippen LogP) is 4.03. The normalized spacial score (nSPS) is 10.0. The van der Waals surface area contributed by atoms with Crippen LogP contribution in [0.3, 0.4) is 0 Å². The van der Waals surface area contributed by atoms with E-state index >= 15 is 0 Å². The third kappa shape index (κ3) is 7.16. The lowest BCUT2D eigenvalue weighted by molar-refractivity contribution is -0.136. The molecule has 3 aromatic carbocycles. The molecular weight excluding hydrogens is 454 g/mol.